The predicted molar refractivity (Wildman–Crippen MR) is 57.9 cm³/mol. The van der Waals surface area contributed by atoms with Crippen molar-refractivity contribution in [3.8, 4) is 5.75 Å². The molecule has 0 bridgehead atoms. The highest BCUT2D eigenvalue weighted by molar-refractivity contribution is 5.28. The van der Waals surface area contributed by atoms with Gasteiger partial charge in [-0.2, -0.15) is 13.2 Å². The molecule has 1 rings (SSSR count). The molecule has 0 fully saturated rings. The van der Waals surface area contributed by atoms with E-state index in [0.29, 0.717) is 12.2 Å². The molecule has 17 heavy (non-hydrogen) atoms. The van der Waals surface area contributed by atoms with Gasteiger partial charge >= 0.3 is 6.18 Å². The molecule has 5 heteroatoms. The summed E-state index contributed by atoms with van der Waals surface area (Å²) in [5.41, 5.74) is -1.54. The molecule has 0 radical (unpaired) electrons. The van der Waals surface area contributed by atoms with E-state index in [0.717, 1.165) is 12.1 Å². The Labute approximate surface area is 98.0 Å². The minimum atomic E-state index is -4.33. The van der Waals surface area contributed by atoms with Crippen molar-refractivity contribution in [1.82, 2.24) is 0 Å². The molecule has 0 aliphatic rings. The quantitative estimate of drug-likeness (QED) is 0.886. The van der Waals surface area contributed by atoms with Crippen molar-refractivity contribution in [2.24, 2.45) is 0 Å². The van der Waals surface area contributed by atoms with Crippen LogP contribution in [0, 0.1) is 0 Å². The van der Waals surface area contributed by atoms with Crippen LogP contribution in [0.15, 0.2) is 24.3 Å². The number of benzene rings is 1. The maximum atomic E-state index is 12.3. The fourth-order valence-electron chi connectivity index (χ4n) is 1.16. The van der Waals surface area contributed by atoms with Crippen LogP contribution in [0.25, 0.3) is 0 Å². The molecule has 1 N–H and O–H groups in total. The van der Waals surface area contributed by atoms with E-state index < -0.39 is 17.3 Å². The van der Waals surface area contributed by atoms with E-state index in [1.807, 2.05) is 0 Å². The third-order valence-electron chi connectivity index (χ3n) is 2.16. The van der Waals surface area contributed by atoms with Crippen LogP contribution in [0.4, 0.5) is 13.2 Å². The third-order valence-corrected chi connectivity index (χ3v) is 2.16. The number of rotatable bonds is 4. The van der Waals surface area contributed by atoms with Crippen LogP contribution in [0.2, 0.25) is 0 Å². The summed E-state index contributed by atoms with van der Waals surface area (Å²) in [6.45, 7) is 3.54. The summed E-state index contributed by atoms with van der Waals surface area (Å²) < 4.78 is 42.0. The molecule has 0 aliphatic heterocycles. The Morgan fingerprint density at radius 3 is 2.06 bits per heavy atom. The Morgan fingerprint density at radius 2 is 1.65 bits per heavy atom. The molecule has 1 aromatic carbocycles. The van der Waals surface area contributed by atoms with E-state index >= 15 is 0 Å². The van der Waals surface area contributed by atoms with E-state index in [9.17, 15) is 18.3 Å². The summed E-state index contributed by atoms with van der Waals surface area (Å²) in [5, 5.41) is 9.42. The average Bonchev–Trinajstić information content (AvgIpc) is 2.15. The topological polar surface area (TPSA) is 29.5 Å². The molecule has 0 spiro atoms. The second kappa shape index (κ2) is 4.96. The van der Waals surface area contributed by atoms with Crippen LogP contribution in [-0.2, 0) is 6.18 Å². The van der Waals surface area contributed by atoms with Gasteiger partial charge in [0.05, 0.1) is 17.8 Å². The van der Waals surface area contributed by atoms with Crippen LogP contribution < -0.4 is 4.74 Å². The Hall–Kier alpha value is -1.23. The van der Waals surface area contributed by atoms with Gasteiger partial charge in [0.15, 0.2) is 0 Å². The number of ether oxygens (including phenoxy) is 1. The summed E-state index contributed by atoms with van der Waals surface area (Å²) >= 11 is 0. The van der Waals surface area contributed by atoms with Crippen molar-refractivity contribution in [3.05, 3.63) is 29.8 Å². The third kappa shape index (κ3) is 5.08. The lowest BCUT2D eigenvalue weighted by Crippen LogP contribution is -2.21. The van der Waals surface area contributed by atoms with Crippen LogP contribution in [0.1, 0.15) is 25.8 Å². The number of hydrogen-bond donors (Lipinski definition) is 1. The van der Waals surface area contributed by atoms with Crippen molar-refractivity contribution in [1.29, 1.82) is 0 Å². The summed E-state index contributed by atoms with van der Waals surface area (Å²) in [4.78, 5) is 0. The maximum Gasteiger partial charge on any atom is 0.416 e. The summed E-state index contributed by atoms with van der Waals surface area (Å²) in [5.74, 6) is 0.363. The first-order chi connectivity index (χ1) is 7.68. The van der Waals surface area contributed by atoms with E-state index in [4.69, 9.17) is 4.74 Å². The van der Waals surface area contributed by atoms with Gasteiger partial charge in [0, 0.05) is 6.42 Å². The highest BCUT2D eigenvalue weighted by Gasteiger charge is 2.30. The summed E-state index contributed by atoms with van der Waals surface area (Å²) in [6, 6.07) is 4.49. The fourth-order valence-corrected chi connectivity index (χ4v) is 1.16. The predicted octanol–water partition coefficient (Wildman–Crippen LogP) is 3.25. The van der Waals surface area contributed by atoms with Gasteiger partial charge in [-0.05, 0) is 38.1 Å². The van der Waals surface area contributed by atoms with Gasteiger partial charge in [-0.1, -0.05) is 0 Å². The molecular weight excluding hydrogens is 233 g/mol. The minimum absolute atomic E-state index is 0.259. The van der Waals surface area contributed by atoms with Gasteiger partial charge in [-0.3, -0.25) is 0 Å². The minimum Gasteiger partial charge on any atom is -0.493 e. The van der Waals surface area contributed by atoms with Gasteiger partial charge in [0.25, 0.3) is 0 Å². The summed E-state index contributed by atoms with van der Waals surface area (Å²) in [6.07, 6.45) is -3.92. The van der Waals surface area contributed by atoms with E-state index in [-0.39, 0.29) is 6.61 Å². The SMILES string of the molecule is CC(C)(O)CCOc1ccc(C(F)(F)F)cc1. The lowest BCUT2D eigenvalue weighted by Gasteiger charge is -2.17. The molecule has 0 amide bonds. The maximum absolute atomic E-state index is 12.3. The van der Waals surface area contributed by atoms with Gasteiger partial charge in [-0.15, -0.1) is 0 Å². The highest BCUT2D eigenvalue weighted by Crippen LogP contribution is 2.30. The number of hydrogen-bond acceptors (Lipinski definition) is 2. The van der Waals surface area contributed by atoms with Crippen LogP contribution in [-0.4, -0.2) is 17.3 Å². The monoisotopic (exact) mass is 248 g/mol. The molecule has 0 aliphatic carbocycles. The largest absolute Gasteiger partial charge is 0.493 e. The first kappa shape index (κ1) is 13.8. The second-order valence-corrected chi connectivity index (χ2v) is 4.43. The Balaban J connectivity index is 2.52. The fraction of sp³-hybridized carbons (Fsp3) is 0.500. The zero-order valence-corrected chi connectivity index (χ0v) is 9.71. The van der Waals surface area contributed by atoms with Crippen molar-refractivity contribution < 1.29 is 23.0 Å². The van der Waals surface area contributed by atoms with Crippen LogP contribution in [0.5, 0.6) is 5.75 Å². The van der Waals surface area contributed by atoms with Crippen molar-refractivity contribution in [2.45, 2.75) is 32.0 Å². The normalized spacial score (nSPS) is 12.6. The lowest BCUT2D eigenvalue weighted by molar-refractivity contribution is -0.137. The van der Waals surface area contributed by atoms with Gasteiger partial charge < -0.3 is 9.84 Å². The standard InChI is InChI=1S/C12H15F3O2/c1-11(2,16)7-8-17-10-5-3-9(4-6-10)12(13,14)15/h3-6,16H,7-8H2,1-2H3. The molecule has 0 heterocycles. The lowest BCUT2D eigenvalue weighted by atomic mass is 10.1. The number of aliphatic hydroxyl groups is 1. The molecule has 1 aromatic rings. The van der Waals surface area contributed by atoms with Gasteiger partial charge in [0.2, 0.25) is 0 Å². The van der Waals surface area contributed by atoms with Crippen molar-refractivity contribution in [2.75, 3.05) is 6.61 Å². The molecule has 0 atom stereocenters. The molecular formula is C12H15F3O2. The Morgan fingerprint density at radius 1 is 1.12 bits per heavy atom. The van der Waals surface area contributed by atoms with Crippen molar-refractivity contribution >= 4 is 0 Å². The molecule has 2 nitrogen and oxygen atoms in total. The Kier molecular flexibility index (Phi) is 4.03. The first-order valence-electron chi connectivity index (χ1n) is 5.21. The van der Waals surface area contributed by atoms with E-state index in [1.54, 1.807) is 13.8 Å². The number of alkyl halides is 3. The zero-order chi connectivity index (χ0) is 13.1. The second-order valence-electron chi connectivity index (χ2n) is 4.43. The number of halogens is 3. The molecule has 96 valence electrons. The van der Waals surface area contributed by atoms with Gasteiger partial charge in [-0.25, -0.2) is 0 Å². The van der Waals surface area contributed by atoms with Gasteiger partial charge in [0.1, 0.15) is 5.75 Å². The van der Waals surface area contributed by atoms with E-state index in [1.165, 1.54) is 12.1 Å². The molecule has 0 saturated heterocycles. The van der Waals surface area contributed by atoms with Crippen LogP contribution in [0.3, 0.4) is 0 Å². The molecule has 0 unspecified atom stereocenters. The first-order valence-corrected chi connectivity index (χ1v) is 5.21. The van der Waals surface area contributed by atoms with Crippen molar-refractivity contribution in [3.63, 3.8) is 0 Å². The average molecular weight is 248 g/mol. The molecule has 0 saturated carbocycles. The van der Waals surface area contributed by atoms with Crippen LogP contribution >= 0.6 is 0 Å². The highest BCUT2D eigenvalue weighted by atomic mass is 19.4. The molecule has 0 aromatic heterocycles. The summed E-state index contributed by atoms with van der Waals surface area (Å²) in [7, 11) is 0. The smallest absolute Gasteiger partial charge is 0.416 e. The zero-order valence-electron chi connectivity index (χ0n) is 9.71. The van der Waals surface area contributed by atoms with E-state index in [2.05, 4.69) is 0 Å². The Bertz CT molecular complexity index is 349.